The third-order valence-electron chi connectivity index (χ3n) is 3.34. The maximum atomic E-state index is 11.9. The van der Waals surface area contributed by atoms with Gasteiger partial charge in [-0.05, 0) is 43.7 Å². The molecule has 100 valence electrons. The Balaban J connectivity index is 2.00. The SMILES string of the molecule is O=C(NCCCO)c1cc2c(s1)CCCCCC2. The minimum absolute atomic E-state index is 0.0141. The molecule has 0 spiro atoms. The monoisotopic (exact) mass is 267 g/mol. The number of fused-ring (bicyclic) bond motifs is 1. The topological polar surface area (TPSA) is 49.3 Å². The van der Waals surface area contributed by atoms with E-state index >= 15 is 0 Å². The van der Waals surface area contributed by atoms with Crippen molar-refractivity contribution in [3.8, 4) is 0 Å². The molecule has 1 amide bonds. The van der Waals surface area contributed by atoms with Gasteiger partial charge in [0.15, 0.2) is 0 Å². The molecular weight excluding hydrogens is 246 g/mol. The molecule has 0 aliphatic heterocycles. The number of aryl methyl sites for hydroxylation is 2. The van der Waals surface area contributed by atoms with E-state index < -0.39 is 0 Å². The van der Waals surface area contributed by atoms with Gasteiger partial charge in [0.05, 0.1) is 4.88 Å². The first-order valence-corrected chi connectivity index (χ1v) is 7.63. The molecule has 0 bridgehead atoms. The molecule has 2 N–H and O–H groups in total. The molecule has 0 aromatic carbocycles. The highest BCUT2D eigenvalue weighted by Crippen LogP contribution is 2.28. The molecular formula is C14H21NO2S. The third kappa shape index (κ3) is 3.56. The lowest BCUT2D eigenvalue weighted by Gasteiger charge is -2.07. The molecule has 4 heteroatoms. The molecule has 1 aromatic rings. The molecule has 1 aromatic heterocycles. The highest BCUT2D eigenvalue weighted by atomic mass is 32.1. The largest absolute Gasteiger partial charge is 0.396 e. The van der Waals surface area contributed by atoms with Crippen molar-refractivity contribution in [1.29, 1.82) is 0 Å². The average Bonchev–Trinajstić information content (AvgIpc) is 2.72. The second-order valence-corrected chi connectivity index (χ2v) is 5.94. The van der Waals surface area contributed by atoms with Crippen LogP contribution in [-0.4, -0.2) is 24.2 Å². The second kappa shape index (κ2) is 6.90. The number of thiophene rings is 1. The predicted molar refractivity (Wildman–Crippen MR) is 74.2 cm³/mol. The van der Waals surface area contributed by atoms with Crippen LogP contribution >= 0.6 is 11.3 Å². The zero-order valence-electron chi connectivity index (χ0n) is 10.7. The van der Waals surface area contributed by atoms with E-state index in [0.29, 0.717) is 13.0 Å². The first-order valence-electron chi connectivity index (χ1n) is 6.82. The fourth-order valence-corrected chi connectivity index (χ4v) is 3.49. The quantitative estimate of drug-likeness (QED) is 0.824. The van der Waals surface area contributed by atoms with Gasteiger partial charge in [-0.25, -0.2) is 0 Å². The van der Waals surface area contributed by atoms with Gasteiger partial charge in [-0.1, -0.05) is 12.8 Å². The van der Waals surface area contributed by atoms with Gasteiger partial charge in [0.1, 0.15) is 0 Å². The van der Waals surface area contributed by atoms with Crippen LogP contribution in [0.25, 0.3) is 0 Å². The van der Waals surface area contributed by atoms with Gasteiger partial charge in [-0.2, -0.15) is 0 Å². The minimum atomic E-state index is 0.0141. The number of hydrogen-bond donors (Lipinski definition) is 2. The van der Waals surface area contributed by atoms with Gasteiger partial charge >= 0.3 is 0 Å². The van der Waals surface area contributed by atoms with E-state index in [2.05, 4.69) is 11.4 Å². The Morgan fingerprint density at radius 1 is 1.28 bits per heavy atom. The van der Waals surface area contributed by atoms with Crippen LogP contribution in [0.4, 0.5) is 0 Å². The molecule has 18 heavy (non-hydrogen) atoms. The van der Waals surface area contributed by atoms with Crippen molar-refractivity contribution in [3.63, 3.8) is 0 Å². The fourth-order valence-electron chi connectivity index (χ4n) is 2.32. The van der Waals surface area contributed by atoms with Crippen molar-refractivity contribution in [2.45, 2.75) is 44.9 Å². The average molecular weight is 267 g/mol. The van der Waals surface area contributed by atoms with Crippen molar-refractivity contribution in [3.05, 3.63) is 21.4 Å². The zero-order chi connectivity index (χ0) is 12.8. The zero-order valence-corrected chi connectivity index (χ0v) is 11.5. The summed E-state index contributed by atoms with van der Waals surface area (Å²) in [6, 6.07) is 2.07. The van der Waals surface area contributed by atoms with Crippen molar-refractivity contribution in [2.24, 2.45) is 0 Å². The summed E-state index contributed by atoms with van der Waals surface area (Å²) in [6.07, 6.45) is 7.99. The Morgan fingerprint density at radius 2 is 2.06 bits per heavy atom. The van der Waals surface area contributed by atoms with Gasteiger partial charge < -0.3 is 10.4 Å². The Bertz CT molecular complexity index is 375. The Hall–Kier alpha value is -0.870. The van der Waals surface area contributed by atoms with E-state index in [9.17, 15) is 4.79 Å². The van der Waals surface area contributed by atoms with Crippen molar-refractivity contribution >= 4 is 17.2 Å². The van der Waals surface area contributed by atoms with E-state index in [-0.39, 0.29) is 12.5 Å². The van der Waals surface area contributed by atoms with Crippen LogP contribution in [0.15, 0.2) is 6.07 Å². The second-order valence-electron chi connectivity index (χ2n) is 4.81. The summed E-state index contributed by atoms with van der Waals surface area (Å²) < 4.78 is 0. The van der Waals surface area contributed by atoms with Crippen molar-refractivity contribution in [2.75, 3.05) is 13.2 Å². The Labute approximate surface area is 112 Å². The van der Waals surface area contributed by atoms with Gasteiger partial charge in [-0.15, -0.1) is 11.3 Å². The van der Waals surface area contributed by atoms with E-state index in [4.69, 9.17) is 5.11 Å². The van der Waals surface area contributed by atoms with E-state index in [1.807, 2.05) is 0 Å². The lowest BCUT2D eigenvalue weighted by molar-refractivity contribution is 0.0955. The normalized spacial score (nSPS) is 15.6. The van der Waals surface area contributed by atoms with Crippen LogP contribution < -0.4 is 5.32 Å². The Kier molecular flexibility index (Phi) is 5.20. The lowest BCUT2D eigenvalue weighted by Crippen LogP contribution is -2.24. The maximum Gasteiger partial charge on any atom is 0.261 e. The number of carbonyl (C=O) groups is 1. The van der Waals surface area contributed by atoms with Gasteiger partial charge in [0.25, 0.3) is 5.91 Å². The van der Waals surface area contributed by atoms with Crippen LogP contribution in [0, 0.1) is 0 Å². The molecule has 0 saturated carbocycles. The lowest BCUT2D eigenvalue weighted by atomic mass is 10.00. The number of aliphatic hydroxyl groups is 1. The first-order chi connectivity index (χ1) is 8.81. The number of amides is 1. The van der Waals surface area contributed by atoms with Gasteiger partial charge in [0, 0.05) is 18.0 Å². The summed E-state index contributed by atoms with van der Waals surface area (Å²) in [5.74, 6) is 0.0141. The molecule has 0 unspecified atom stereocenters. The summed E-state index contributed by atoms with van der Waals surface area (Å²) in [5.41, 5.74) is 1.38. The third-order valence-corrected chi connectivity index (χ3v) is 4.58. The molecule has 0 fully saturated rings. The van der Waals surface area contributed by atoms with Crippen molar-refractivity contribution < 1.29 is 9.90 Å². The number of carbonyl (C=O) groups excluding carboxylic acids is 1. The summed E-state index contributed by atoms with van der Waals surface area (Å²) in [5, 5.41) is 11.5. The summed E-state index contributed by atoms with van der Waals surface area (Å²) in [6.45, 7) is 0.680. The van der Waals surface area contributed by atoms with Crippen molar-refractivity contribution in [1.82, 2.24) is 5.32 Å². The molecule has 3 nitrogen and oxygen atoms in total. The number of hydrogen-bond acceptors (Lipinski definition) is 3. The van der Waals surface area contributed by atoms with Gasteiger partial charge in [-0.3, -0.25) is 4.79 Å². The Morgan fingerprint density at radius 3 is 2.83 bits per heavy atom. The first kappa shape index (κ1) is 13.6. The predicted octanol–water partition coefficient (Wildman–Crippen LogP) is 2.52. The number of aliphatic hydroxyl groups excluding tert-OH is 1. The highest BCUT2D eigenvalue weighted by Gasteiger charge is 2.15. The van der Waals surface area contributed by atoms with Crippen LogP contribution in [0.5, 0.6) is 0 Å². The maximum absolute atomic E-state index is 11.9. The molecule has 1 heterocycles. The number of rotatable bonds is 4. The molecule has 0 atom stereocenters. The molecule has 0 radical (unpaired) electrons. The number of nitrogens with one attached hydrogen (secondary N) is 1. The standard InChI is InChI=1S/C14H21NO2S/c16-9-5-8-15-14(17)13-10-11-6-3-1-2-4-7-12(11)18-13/h10,16H,1-9H2,(H,15,17). The van der Waals surface area contributed by atoms with E-state index in [1.54, 1.807) is 11.3 Å². The fraction of sp³-hybridized carbons (Fsp3) is 0.643. The molecule has 1 aliphatic rings. The van der Waals surface area contributed by atoms with E-state index in [0.717, 1.165) is 17.7 Å². The van der Waals surface area contributed by atoms with Crippen LogP contribution in [0.3, 0.4) is 0 Å². The summed E-state index contributed by atoms with van der Waals surface area (Å²) in [7, 11) is 0. The van der Waals surface area contributed by atoms with E-state index in [1.165, 1.54) is 36.1 Å². The summed E-state index contributed by atoms with van der Waals surface area (Å²) >= 11 is 1.65. The minimum Gasteiger partial charge on any atom is -0.396 e. The molecule has 1 aliphatic carbocycles. The van der Waals surface area contributed by atoms with Crippen LogP contribution in [0.1, 0.15) is 52.2 Å². The highest BCUT2D eigenvalue weighted by molar-refractivity contribution is 7.14. The van der Waals surface area contributed by atoms with Crippen LogP contribution in [0.2, 0.25) is 0 Å². The molecule has 2 rings (SSSR count). The van der Waals surface area contributed by atoms with Crippen LogP contribution in [-0.2, 0) is 12.8 Å². The van der Waals surface area contributed by atoms with Gasteiger partial charge in [0.2, 0.25) is 0 Å². The summed E-state index contributed by atoms with van der Waals surface area (Å²) in [4.78, 5) is 14.2. The molecule has 0 saturated heterocycles. The smallest absolute Gasteiger partial charge is 0.261 e.